The van der Waals surface area contributed by atoms with Crippen molar-refractivity contribution in [2.24, 2.45) is 0 Å². The van der Waals surface area contributed by atoms with Crippen molar-refractivity contribution >= 4 is 25.5 Å². The van der Waals surface area contributed by atoms with Gasteiger partial charge in [0.05, 0.1) is 15.9 Å². The molecule has 13 heteroatoms. The molecule has 26 heavy (non-hydrogen) atoms. The molecule has 2 aromatic carbocycles. The highest BCUT2D eigenvalue weighted by Gasteiger charge is 2.45. The van der Waals surface area contributed by atoms with Gasteiger partial charge in [-0.2, -0.15) is 15.3 Å². The summed E-state index contributed by atoms with van der Waals surface area (Å²) in [6.45, 7) is 0. The summed E-state index contributed by atoms with van der Waals surface area (Å²) in [5.41, 5.74) is 0.412. The molecule has 136 valence electrons. The number of hydroxylamine groups is 1. The van der Waals surface area contributed by atoms with E-state index in [9.17, 15) is 34.8 Å². The van der Waals surface area contributed by atoms with E-state index in [1.54, 1.807) is 23.7 Å². The fraction of sp³-hybridized carbons (Fsp3) is 0. The standard InChI is InChI=1S/C13H10N3O9P/c17-13(9-4-2-1-3-5-9)14-25-26(22,23)24-12-7-6-10(15(18)19)8-11(12)16(20)21/h1-8,22-23H/p+1. The maximum absolute atomic E-state index is 11.8. The maximum Gasteiger partial charge on any atom is 0.640 e. The Morgan fingerprint density at radius 3 is 2.27 bits per heavy atom. The van der Waals surface area contributed by atoms with Crippen molar-refractivity contribution < 1.29 is 33.6 Å². The first kappa shape index (κ1) is 19.1. The van der Waals surface area contributed by atoms with Crippen LogP contribution < -0.4 is 10.0 Å². The number of benzene rings is 2. The minimum atomic E-state index is -4.75. The molecule has 3 N–H and O–H groups in total. The van der Waals surface area contributed by atoms with Gasteiger partial charge in [0.25, 0.3) is 17.3 Å². The Hall–Kier alpha value is -3.18. The van der Waals surface area contributed by atoms with Crippen molar-refractivity contribution in [3.63, 3.8) is 0 Å². The number of carbonyl (C=O) groups is 1. The molecule has 0 aliphatic rings. The van der Waals surface area contributed by atoms with Gasteiger partial charge in [-0.25, -0.2) is 0 Å². The number of hydrogen-bond donors (Lipinski definition) is 3. The molecular weight excluding hydrogens is 373 g/mol. The fourth-order valence-electron chi connectivity index (χ4n) is 1.74. The number of nitrogens with zero attached hydrogens (tertiary/aromatic N) is 2. The minimum Gasteiger partial charge on any atom is -0.267 e. The first-order chi connectivity index (χ1) is 12.2. The van der Waals surface area contributed by atoms with E-state index in [4.69, 9.17) is 0 Å². The molecule has 0 aliphatic carbocycles. The van der Waals surface area contributed by atoms with Crippen molar-refractivity contribution in [1.29, 1.82) is 0 Å². The van der Waals surface area contributed by atoms with Crippen molar-refractivity contribution in [2.45, 2.75) is 0 Å². The molecule has 0 fully saturated rings. The Morgan fingerprint density at radius 2 is 1.69 bits per heavy atom. The molecular formula is C13H11N3O9P+. The highest BCUT2D eigenvalue weighted by molar-refractivity contribution is 7.54. The van der Waals surface area contributed by atoms with Gasteiger partial charge in [-0.05, 0) is 22.8 Å². The van der Waals surface area contributed by atoms with Crippen LogP contribution in [0.5, 0.6) is 5.75 Å². The van der Waals surface area contributed by atoms with E-state index < -0.39 is 41.0 Å². The van der Waals surface area contributed by atoms with Gasteiger partial charge in [-0.3, -0.25) is 29.5 Å². The molecule has 0 aliphatic heterocycles. The zero-order chi connectivity index (χ0) is 19.3. The van der Waals surface area contributed by atoms with Crippen LogP contribution in [0.4, 0.5) is 11.4 Å². The van der Waals surface area contributed by atoms with Gasteiger partial charge in [0.15, 0.2) is 0 Å². The second-order valence-electron chi connectivity index (χ2n) is 4.64. The average Bonchev–Trinajstić information content (AvgIpc) is 2.60. The lowest BCUT2D eigenvalue weighted by Crippen LogP contribution is -2.25. The van der Waals surface area contributed by atoms with Crippen molar-refractivity contribution in [3.05, 3.63) is 74.3 Å². The van der Waals surface area contributed by atoms with E-state index >= 15 is 0 Å². The van der Waals surface area contributed by atoms with Gasteiger partial charge in [-0.1, -0.05) is 18.2 Å². The fourth-order valence-corrected chi connectivity index (χ4v) is 2.39. The molecule has 0 bridgehead atoms. The van der Waals surface area contributed by atoms with Crippen LogP contribution in [0.1, 0.15) is 10.4 Å². The third-order valence-corrected chi connectivity index (χ3v) is 3.62. The molecule has 0 saturated carbocycles. The van der Waals surface area contributed by atoms with E-state index in [0.717, 1.165) is 12.1 Å². The number of non-ortho nitro benzene ring substituents is 1. The Kier molecular flexibility index (Phi) is 5.75. The predicted octanol–water partition coefficient (Wildman–Crippen LogP) is 1.91. The molecule has 0 radical (unpaired) electrons. The lowest BCUT2D eigenvalue weighted by molar-refractivity contribution is -0.394. The summed E-state index contributed by atoms with van der Waals surface area (Å²) in [5, 5.41) is 21.6. The number of nitro benzene ring substituents is 2. The SMILES string of the molecule is O=C(NO[P+](O)(O)Oc1ccc([N+](=O)[O-])cc1[N+](=O)[O-])c1ccccc1. The van der Waals surface area contributed by atoms with Gasteiger partial charge in [-0.15, -0.1) is 0 Å². The van der Waals surface area contributed by atoms with Gasteiger partial charge >= 0.3 is 13.9 Å². The molecule has 12 nitrogen and oxygen atoms in total. The normalized spacial score (nSPS) is 10.8. The van der Waals surface area contributed by atoms with Crippen LogP contribution in [0.3, 0.4) is 0 Å². The highest BCUT2D eigenvalue weighted by Crippen LogP contribution is 2.53. The monoisotopic (exact) mass is 384 g/mol. The summed E-state index contributed by atoms with van der Waals surface area (Å²) in [6.07, 6.45) is 0. The van der Waals surface area contributed by atoms with E-state index in [1.807, 2.05) is 0 Å². The van der Waals surface area contributed by atoms with Crippen molar-refractivity contribution in [2.75, 3.05) is 0 Å². The van der Waals surface area contributed by atoms with Crippen molar-refractivity contribution in [1.82, 2.24) is 5.48 Å². The number of nitro groups is 2. The number of nitrogens with one attached hydrogen (secondary N) is 1. The Labute approximate surface area is 145 Å². The summed E-state index contributed by atoms with van der Waals surface area (Å²) in [4.78, 5) is 50.9. The van der Waals surface area contributed by atoms with Gasteiger partial charge in [0.1, 0.15) is 0 Å². The van der Waals surface area contributed by atoms with Gasteiger partial charge in [0, 0.05) is 11.6 Å². The number of amides is 1. The topological polar surface area (TPSA) is 174 Å². The van der Waals surface area contributed by atoms with Gasteiger partial charge in [0.2, 0.25) is 0 Å². The van der Waals surface area contributed by atoms with Crippen LogP contribution in [-0.4, -0.2) is 25.5 Å². The Bertz CT molecular complexity index is 844. The van der Waals surface area contributed by atoms with Crippen molar-refractivity contribution in [3.8, 4) is 5.75 Å². The summed E-state index contributed by atoms with van der Waals surface area (Å²) in [7, 11) is -4.75. The lowest BCUT2D eigenvalue weighted by atomic mass is 10.2. The number of carbonyl (C=O) groups excluding carboxylic acids is 1. The Balaban J connectivity index is 2.12. The summed E-state index contributed by atoms with van der Waals surface area (Å²) in [5.74, 6) is -1.51. The molecule has 0 spiro atoms. The summed E-state index contributed by atoms with van der Waals surface area (Å²) < 4.78 is 9.04. The molecule has 2 aromatic rings. The predicted molar refractivity (Wildman–Crippen MR) is 86.7 cm³/mol. The quantitative estimate of drug-likeness (QED) is 0.366. The van der Waals surface area contributed by atoms with Crippen LogP contribution in [0.15, 0.2) is 48.5 Å². The van der Waals surface area contributed by atoms with Crippen LogP contribution >= 0.6 is 8.17 Å². The van der Waals surface area contributed by atoms with Crippen LogP contribution in [0, 0.1) is 20.2 Å². The highest BCUT2D eigenvalue weighted by atomic mass is 31.2. The zero-order valence-corrected chi connectivity index (χ0v) is 13.6. The Morgan fingerprint density at radius 1 is 1.04 bits per heavy atom. The molecule has 0 unspecified atom stereocenters. The minimum absolute atomic E-state index is 0.147. The maximum atomic E-state index is 11.8. The molecule has 0 atom stereocenters. The molecule has 0 aromatic heterocycles. The molecule has 2 rings (SSSR count). The second-order valence-corrected chi connectivity index (χ2v) is 5.98. The van der Waals surface area contributed by atoms with E-state index in [2.05, 4.69) is 9.15 Å². The third kappa shape index (κ3) is 4.91. The molecule has 1 amide bonds. The smallest absolute Gasteiger partial charge is 0.267 e. The van der Waals surface area contributed by atoms with Gasteiger partial charge < -0.3 is 0 Å². The van der Waals surface area contributed by atoms with Crippen LogP contribution in [0.25, 0.3) is 0 Å². The largest absolute Gasteiger partial charge is 0.640 e. The number of hydrogen-bond acceptors (Lipinski definition) is 9. The molecule has 0 heterocycles. The second kappa shape index (κ2) is 7.80. The average molecular weight is 384 g/mol. The lowest BCUT2D eigenvalue weighted by Gasteiger charge is -2.10. The number of rotatable bonds is 7. The van der Waals surface area contributed by atoms with E-state index in [1.165, 1.54) is 12.1 Å². The third-order valence-electron chi connectivity index (χ3n) is 2.86. The van der Waals surface area contributed by atoms with Crippen LogP contribution in [-0.2, 0) is 4.62 Å². The zero-order valence-electron chi connectivity index (χ0n) is 12.7. The first-order valence-corrected chi connectivity index (χ1v) is 8.23. The summed E-state index contributed by atoms with van der Waals surface area (Å²) in [6, 6.07) is 9.88. The van der Waals surface area contributed by atoms with E-state index in [0.29, 0.717) is 6.07 Å². The van der Waals surface area contributed by atoms with Crippen LogP contribution in [0.2, 0.25) is 0 Å². The van der Waals surface area contributed by atoms with E-state index in [-0.39, 0.29) is 5.56 Å². The molecule has 0 saturated heterocycles. The first-order valence-electron chi connectivity index (χ1n) is 6.70. The summed E-state index contributed by atoms with van der Waals surface area (Å²) >= 11 is 0.